The van der Waals surface area contributed by atoms with E-state index in [1.165, 1.54) is 167 Å². The molecule has 0 aliphatic rings. The van der Waals surface area contributed by atoms with Crippen LogP contribution in [-0.4, -0.2) is 96.7 Å². The Kier molecular flexibility index (Phi) is 62.2. The molecule has 19 heteroatoms. The van der Waals surface area contributed by atoms with E-state index in [-0.39, 0.29) is 25.7 Å². The van der Waals surface area contributed by atoms with E-state index in [1.807, 2.05) is 0 Å². The molecule has 0 amide bonds. The van der Waals surface area contributed by atoms with E-state index in [2.05, 4.69) is 55.4 Å². The number of carbonyl (C=O) groups excluding carboxylic acids is 4. The SMILES string of the molecule is CCC(C)CCCCCCCCC(=O)OC[C@H](COP(=O)(O)OC[C@H](O)COP(=O)(O)OC[C@@H](COC(=O)CCCCCCCCCCCC(C)C)OC(=O)CCCCCCCCCCCCCC(C)C)OC(=O)CCCCCCCCCCCCCCCCC(C)C. The molecule has 0 spiro atoms. The van der Waals surface area contributed by atoms with Crippen molar-refractivity contribution in [3.63, 3.8) is 0 Å². The maximum atomic E-state index is 13.0. The Labute approximate surface area is 568 Å². The van der Waals surface area contributed by atoms with Gasteiger partial charge < -0.3 is 33.8 Å². The summed E-state index contributed by atoms with van der Waals surface area (Å²) in [7, 11) is -9.91. The fraction of sp³-hybridized carbons (Fsp3) is 0.946. The van der Waals surface area contributed by atoms with Gasteiger partial charge in [-0.15, -0.1) is 0 Å². The van der Waals surface area contributed by atoms with E-state index >= 15 is 0 Å². The van der Waals surface area contributed by atoms with Crippen molar-refractivity contribution in [2.75, 3.05) is 39.6 Å². The third-order valence-corrected chi connectivity index (χ3v) is 19.3. The highest BCUT2D eigenvalue weighted by molar-refractivity contribution is 7.47. The number of phosphoric acid groups is 2. The van der Waals surface area contributed by atoms with Gasteiger partial charge in [-0.05, 0) is 49.4 Å². The van der Waals surface area contributed by atoms with E-state index in [0.717, 1.165) is 120 Å². The summed E-state index contributed by atoms with van der Waals surface area (Å²) < 4.78 is 68.4. The van der Waals surface area contributed by atoms with Crippen LogP contribution in [0.25, 0.3) is 0 Å². The smallest absolute Gasteiger partial charge is 0.462 e. The molecule has 0 aliphatic heterocycles. The van der Waals surface area contributed by atoms with Gasteiger partial charge >= 0.3 is 39.5 Å². The first-order valence-corrected chi connectivity index (χ1v) is 41.2. The topological polar surface area (TPSA) is 237 Å². The summed E-state index contributed by atoms with van der Waals surface area (Å²) in [4.78, 5) is 72.7. The molecule has 0 aromatic rings. The Morgan fingerprint density at radius 1 is 0.301 bits per heavy atom. The number of esters is 4. The lowest BCUT2D eigenvalue weighted by molar-refractivity contribution is -0.161. The van der Waals surface area contributed by atoms with Crippen LogP contribution < -0.4 is 0 Å². The van der Waals surface area contributed by atoms with Crippen LogP contribution >= 0.6 is 15.6 Å². The van der Waals surface area contributed by atoms with Gasteiger partial charge in [0.2, 0.25) is 0 Å². The number of carbonyl (C=O) groups is 4. The third kappa shape index (κ3) is 67.0. The number of rotatable bonds is 71. The van der Waals surface area contributed by atoms with Crippen molar-refractivity contribution >= 4 is 39.5 Å². The van der Waals surface area contributed by atoms with Crippen molar-refractivity contribution in [3.05, 3.63) is 0 Å². The van der Waals surface area contributed by atoms with Crippen molar-refractivity contribution in [2.24, 2.45) is 23.7 Å². The minimum atomic E-state index is -4.96. The number of hydrogen-bond donors (Lipinski definition) is 3. The molecule has 0 saturated heterocycles. The molecular weight excluding hydrogens is 1220 g/mol. The molecule has 0 heterocycles. The monoisotopic (exact) mass is 1370 g/mol. The average molecular weight is 1370 g/mol. The van der Waals surface area contributed by atoms with E-state index in [4.69, 9.17) is 37.0 Å². The van der Waals surface area contributed by atoms with Crippen LogP contribution in [0.2, 0.25) is 0 Å². The molecule has 0 bridgehead atoms. The molecule has 0 rings (SSSR count). The molecule has 0 fully saturated rings. The lowest BCUT2D eigenvalue weighted by Crippen LogP contribution is -2.30. The summed E-state index contributed by atoms with van der Waals surface area (Å²) in [5, 5.41) is 10.6. The highest BCUT2D eigenvalue weighted by Gasteiger charge is 2.30. The minimum Gasteiger partial charge on any atom is -0.462 e. The summed E-state index contributed by atoms with van der Waals surface area (Å²) in [6.07, 6.45) is 47.2. The lowest BCUT2D eigenvalue weighted by Gasteiger charge is -2.21. The number of hydrogen-bond acceptors (Lipinski definition) is 15. The molecule has 0 aliphatic carbocycles. The van der Waals surface area contributed by atoms with E-state index < -0.39 is 97.5 Å². The summed E-state index contributed by atoms with van der Waals surface area (Å²) in [6.45, 7) is 14.2. The van der Waals surface area contributed by atoms with Gasteiger partial charge in [-0.2, -0.15) is 0 Å². The Balaban J connectivity index is 5.25. The van der Waals surface area contributed by atoms with Gasteiger partial charge in [0.05, 0.1) is 26.4 Å². The van der Waals surface area contributed by atoms with E-state index in [0.29, 0.717) is 25.7 Å². The summed E-state index contributed by atoms with van der Waals surface area (Å²) in [5.74, 6) is 0.911. The molecule has 0 radical (unpaired) electrons. The van der Waals surface area contributed by atoms with Crippen molar-refractivity contribution in [2.45, 2.75) is 388 Å². The number of phosphoric ester groups is 2. The Morgan fingerprint density at radius 3 is 0.763 bits per heavy atom. The van der Waals surface area contributed by atoms with Gasteiger partial charge in [0, 0.05) is 25.7 Å². The fourth-order valence-electron chi connectivity index (χ4n) is 11.2. The van der Waals surface area contributed by atoms with E-state index in [1.54, 1.807) is 0 Å². The van der Waals surface area contributed by atoms with Crippen LogP contribution in [0.15, 0.2) is 0 Å². The molecular formula is C74H144O17P2. The second kappa shape index (κ2) is 63.5. The number of unbranched alkanes of at least 4 members (excludes halogenated alkanes) is 36. The van der Waals surface area contributed by atoms with Crippen molar-refractivity contribution in [1.82, 2.24) is 0 Å². The molecule has 0 aromatic heterocycles. The molecule has 3 N–H and O–H groups in total. The first kappa shape index (κ1) is 91.1. The molecule has 0 aromatic carbocycles. The molecule has 0 saturated carbocycles. The van der Waals surface area contributed by atoms with Gasteiger partial charge in [-0.25, -0.2) is 9.13 Å². The first-order valence-electron chi connectivity index (χ1n) is 38.2. The highest BCUT2D eigenvalue weighted by atomic mass is 31.2. The Bertz CT molecular complexity index is 1840. The van der Waals surface area contributed by atoms with Crippen LogP contribution in [0, 0.1) is 23.7 Å². The van der Waals surface area contributed by atoms with Gasteiger partial charge in [0.25, 0.3) is 0 Å². The van der Waals surface area contributed by atoms with Crippen molar-refractivity contribution < 1.29 is 80.2 Å². The van der Waals surface area contributed by atoms with Crippen molar-refractivity contribution in [1.29, 1.82) is 0 Å². The molecule has 552 valence electrons. The van der Waals surface area contributed by atoms with Crippen LogP contribution in [0.4, 0.5) is 0 Å². The predicted molar refractivity (Wildman–Crippen MR) is 377 cm³/mol. The fourth-order valence-corrected chi connectivity index (χ4v) is 12.7. The standard InChI is InChI=1S/C74H144O17P2/c1-9-67(8)53-45-37-32-33-39-47-55-72(77)85-61-70(91-73(78)56-48-40-30-23-17-13-11-10-12-15-20-26-34-42-50-64(2)3)63-89-93(82,83)87-59-68(75)58-86-92(80,81)88-62-69(60-84-71(76)54-46-38-29-25-19-22-28-36-44-52-66(6)7)90-74(79)57-49-41-31-24-18-14-16-21-27-35-43-51-65(4)5/h64-70,75H,9-63H2,1-8H3,(H,80,81)(H,82,83)/t67?,68-,69-,70-/m1/s1. The van der Waals surface area contributed by atoms with Crippen LogP contribution in [0.5, 0.6) is 0 Å². The summed E-state index contributed by atoms with van der Waals surface area (Å²) in [5.41, 5.74) is 0. The summed E-state index contributed by atoms with van der Waals surface area (Å²) >= 11 is 0. The Hall–Kier alpha value is -1.94. The molecule has 3 unspecified atom stereocenters. The molecule has 17 nitrogen and oxygen atoms in total. The van der Waals surface area contributed by atoms with Gasteiger partial charge in [0.15, 0.2) is 12.2 Å². The average Bonchev–Trinajstić information content (AvgIpc) is 1.88. The van der Waals surface area contributed by atoms with Crippen LogP contribution in [-0.2, 0) is 65.4 Å². The third-order valence-electron chi connectivity index (χ3n) is 17.4. The maximum Gasteiger partial charge on any atom is 0.472 e. The van der Waals surface area contributed by atoms with Crippen LogP contribution in [0.1, 0.15) is 370 Å². The first-order chi connectivity index (χ1) is 44.6. The number of aliphatic hydroxyl groups excluding tert-OH is 1. The van der Waals surface area contributed by atoms with E-state index in [9.17, 15) is 43.2 Å². The summed E-state index contributed by atoms with van der Waals surface area (Å²) in [6, 6.07) is 0. The van der Waals surface area contributed by atoms with Gasteiger partial charge in [-0.1, -0.05) is 319 Å². The largest absolute Gasteiger partial charge is 0.472 e. The second-order valence-electron chi connectivity index (χ2n) is 28.4. The Morgan fingerprint density at radius 2 is 0.516 bits per heavy atom. The normalized spacial score (nSPS) is 14.5. The zero-order chi connectivity index (χ0) is 68.9. The zero-order valence-corrected chi connectivity index (χ0v) is 62.7. The quantitative estimate of drug-likeness (QED) is 0.0222. The highest BCUT2D eigenvalue weighted by Crippen LogP contribution is 2.45. The zero-order valence-electron chi connectivity index (χ0n) is 60.9. The number of ether oxygens (including phenoxy) is 4. The predicted octanol–water partition coefficient (Wildman–Crippen LogP) is 21.3. The lowest BCUT2D eigenvalue weighted by atomic mass is 10.00. The van der Waals surface area contributed by atoms with Gasteiger partial charge in [0.1, 0.15) is 19.3 Å². The number of aliphatic hydroxyl groups is 1. The molecule has 93 heavy (non-hydrogen) atoms. The molecule has 6 atom stereocenters. The van der Waals surface area contributed by atoms with Crippen molar-refractivity contribution in [3.8, 4) is 0 Å². The maximum absolute atomic E-state index is 13.0. The van der Waals surface area contributed by atoms with Gasteiger partial charge in [-0.3, -0.25) is 37.3 Å². The second-order valence-corrected chi connectivity index (χ2v) is 31.3. The minimum absolute atomic E-state index is 0.106. The van der Waals surface area contributed by atoms with Crippen LogP contribution in [0.3, 0.4) is 0 Å².